The Hall–Kier alpha value is -4.12. The van der Waals surface area contributed by atoms with Crippen molar-refractivity contribution in [1.29, 1.82) is 0 Å². The average Bonchev–Trinajstić information content (AvgIpc) is 3.41. The highest BCUT2D eigenvalue weighted by molar-refractivity contribution is 6.25. The van der Waals surface area contributed by atoms with Crippen LogP contribution in [0.5, 0.6) is 0 Å². The number of nitrogens with zero attached hydrogens (tertiary/aromatic N) is 2. The van der Waals surface area contributed by atoms with Gasteiger partial charge >= 0.3 is 0 Å². The largest absolute Gasteiger partial charge is 0.380 e. The molecule has 6 rings (SSSR count). The fourth-order valence-corrected chi connectivity index (χ4v) is 6.28. The maximum absolute atomic E-state index is 15.1. The molecule has 0 bridgehead atoms. The van der Waals surface area contributed by atoms with Gasteiger partial charge in [-0.1, -0.05) is 18.2 Å². The molecule has 5 amide bonds. The minimum atomic E-state index is -1.05. The fraction of sp³-hybridized carbons (Fsp3) is 0.414. The van der Waals surface area contributed by atoms with Crippen LogP contribution in [-0.4, -0.2) is 65.0 Å². The summed E-state index contributed by atoms with van der Waals surface area (Å²) in [5.74, 6) is -2.54. The molecule has 1 spiro atoms. The lowest BCUT2D eigenvalue weighted by atomic mass is 9.77. The van der Waals surface area contributed by atoms with Gasteiger partial charge in [0.2, 0.25) is 17.7 Å². The molecule has 3 fully saturated rings. The number of anilines is 1. The summed E-state index contributed by atoms with van der Waals surface area (Å²) in [6.45, 7) is 3.01. The number of hydrogen-bond acceptors (Lipinski definition) is 7. The number of likely N-dealkylation sites (tertiary alicyclic amines) is 1. The molecule has 11 heteroatoms. The molecule has 3 saturated heterocycles. The zero-order chi connectivity index (χ0) is 28.0. The Labute approximate surface area is 230 Å². The van der Waals surface area contributed by atoms with Gasteiger partial charge in [0.05, 0.1) is 16.5 Å². The van der Waals surface area contributed by atoms with Gasteiger partial charge in [-0.3, -0.25) is 39.1 Å². The second-order valence-corrected chi connectivity index (χ2v) is 11.0. The molecular formula is C29H30FN5O5. The number of nitrogens with one attached hydrogen (secondary N) is 3. The van der Waals surface area contributed by atoms with E-state index in [0.717, 1.165) is 49.4 Å². The summed E-state index contributed by atoms with van der Waals surface area (Å²) in [6.07, 6.45) is 2.62. The standard InChI is InChI=1S/C29H30FN5O5/c30-20-14-17(16-34-12-9-29(10-13-34)8-11-31-28(29)40)4-5-18(20)15-32-21-3-1-2-19-24(21)27(39)35(26(19)38)22-6-7-23(36)33-25(22)37/h1-5,14,22,32H,6-13,15-16H2,(H,31,40)(H,33,36,37). The zero-order valence-corrected chi connectivity index (χ0v) is 21.9. The molecular weight excluding hydrogens is 517 g/mol. The van der Waals surface area contributed by atoms with Crippen molar-refractivity contribution in [3.8, 4) is 0 Å². The van der Waals surface area contributed by atoms with Crippen LogP contribution in [0.15, 0.2) is 36.4 Å². The van der Waals surface area contributed by atoms with Gasteiger partial charge in [-0.05, 0) is 62.5 Å². The molecule has 2 aromatic rings. The SMILES string of the molecule is O=C1CCC(N2C(=O)c3cccc(NCc4ccc(CN5CCC6(CCNC6=O)CC5)cc4F)c3C2=O)C(=O)N1. The smallest absolute Gasteiger partial charge is 0.264 e. The topological polar surface area (TPSA) is 128 Å². The predicted molar refractivity (Wildman–Crippen MR) is 141 cm³/mol. The maximum atomic E-state index is 15.1. The van der Waals surface area contributed by atoms with E-state index in [4.69, 9.17) is 0 Å². The number of amides is 5. The van der Waals surface area contributed by atoms with Gasteiger partial charge < -0.3 is 10.6 Å². The first-order chi connectivity index (χ1) is 19.3. The Morgan fingerprint density at radius 2 is 1.80 bits per heavy atom. The minimum absolute atomic E-state index is 0.0416. The van der Waals surface area contributed by atoms with Gasteiger partial charge in [0.15, 0.2) is 0 Å². The van der Waals surface area contributed by atoms with Gasteiger partial charge in [-0.15, -0.1) is 0 Å². The molecule has 0 radical (unpaired) electrons. The van der Waals surface area contributed by atoms with Crippen LogP contribution in [0.1, 0.15) is 63.9 Å². The number of hydrogen-bond donors (Lipinski definition) is 3. The predicted octanol–water partition coefficient (Wildman–Crippen LogP) is 1.94. The van der Waals surface area contributed by atoms with Crippen molar-refractivity contribution in [3.63, 3.8) is 0 Å². The third kappa shape index (κ3) is 4.53. The lowest BCUT2D eigenvalue weighted by Crippen LogP contribution is -2.54. The first kappa shape index (κ1) is 26.1. The molecule has 40 heavy (non-hydrogen) atoms. The van der Waals surface area contributed by atoms with Crippen LogP contribution in [0, 0.1) is 11.2 Å². The van der Waals surface area contributed by atoms with Crippen LogP contribution in [-0.2, 0) is 27.5 Å². The van der Waals surface area contributed by atoms with Crippen molar-refractivity contribution >= 4 is 35.2 Å². The van der Waals surface area contributed by atoms with E-state index in [0.29, 0.717) is 17.8 Å². The molecule has 208 valence electrons. The maximum Gasteiger partial charge on any atom is 0.264 e. The lowest BCUT2D eigenvalue weighted by molar-refractivity contribution is -0.136. The van der Waals surface area contributed by atoms with Crippen molar-refractivity contribution in [1.82, 2.24) is 20.4 Å². The van der Waals surface area contributed by atoms with Gasteiger partial charge in [-0.25, -0.2) is 4.39 Å². The third-order valence-electron chi connectivity index (χ3n) is 8.65. The number of halogens is 1. The van der Waals surface area contributed by atoms with Crippen molar-refractivity contribution in [2.45, 2.75) is 51.2 Å². The lowest BCUT2D eigenvalue weighted by Gasteiger charge is -2.37. The average molecular weight is 548 g/mol. The van der Waals surface area contributed by atoms with Crippen molar-refractivity contribution in [2.24, 2.45) is 5.41 Å². The first-order valence-electron chi connectivity index (χ1n) is 13.6. The molecule has 10 nitrogen and oxygen atoms in total. The van der Waals surface area contributed by atoms with Gasteiger partial charge in [0.1, 0.15) is 11.9 Å². The number of imide groups is 2. The Morgan fingerprint density at radius 1 is 1.00 bits per heavy atom. The van der Waals surface area contributed by atoms with Crippen molar-refractivity contribution in [3.05, 3.63) is 64.5 Å². The first-order valence-corrected chi connectivity index (χ1v) is 13.6. The van der Waals surface area contributed by atoms with Crippen LogP contribution in [0.25, 0.3) is 0 Å². The van der Waals surface area contributed by atoms with E-state index in [1.54, 1.807) is 18.2 Å². The monoisotopic (exact) mass is 547 g/mol. The molecule has 4 aliphatic rings. The van der Waals surface area contributed by atoms with Gasteiger partial charge in [0.25, 0.3) is 11.8 Å². The molecule has 0 aliphatic carbocycles. The summed E-state index contributed by atoms with van der Waals surface area (Å²) >= 11 is 0. The quantitative estimate of drug-likeness (QED) is 0.472. The Kier molecular flexibility index (Phi) is 6.61. The molecule has 0 aromatic heterocycles. The summed E-state index contributed by atoms with van der Waals surface area (Å²) in [7, 11) is 0. The number of benzene rings is 2. The van der Waals surface area contributed by atoms with E-state index in [1.165, 1.54) is 12.1 Å². The van der Waals surface area contributed by atoms with Crippen LogP contribution in [0.4, 0.5) is 10.1 Å². The Bertz CT molecular complexity index is 1430. The second-order valence-electron chi connectivity index (χ2n) is 11.0. The molecule has 3 N–H and O–H groups in total. The molecule has 2 aromatic carbocycles. The summed E-state index contributed by atoms with van der Waals surface area (Å²) in [5, 5.41) is 8.21. The van der Waals surface area contributed by atoms with Gasteiger partial charge in [0, 0.05) is 37.3 Å². The number of rotatable bonds is 6. The summed E-state index contributed by atoms with van der Waals surface area (Å²) in [4.78, 5) is 65.5. The second kappa shape index (κ2) is 10.1. The molecule has 0 saturated carbocycles. The molecule has 4 heterocycles. The molecule has 1 unspecified atom stereocenters. The fourth-order valence-electron chi connectivity index (χ4n) is 6.28. The van der Waals surface area contributed by atoms with E-state index >= 15 is 4.39 Å². The highest BCUT2D eigenvalue weighted by Gasteiger charge is 2.46. The van der Waals surface area contributed by atoms with Gasteiger partial charge in [-0.2, -0.15) is 0 Å². The van der Waals surface area contributed by atoms with E-state index < -0.39 is 29.7 Å². The Morgan fingerprint density at radius 3 is 2.50 bits per heavy atom. The molecule has 1 atom stereocenters. The van der Waals surface area contributed by atoms with Crippen molar-refractivity contribution in [2.75, 3.05) is 25.0 Å². The summed E-state index contributed by atoms with van der Waals surface area (Å²) in [5.41, 5.74) is 1.67. The van der Waals surface area contributed by atoms with E-state index in [-0.39, 0.29) is 47.7 Å². The van der Waals surface area contributed by atoms with E-state index in [9.17, 15) is 24.0 Å². The number of fused-ring (bicyclic) bond motifs is 1. The summed E-state index contributed by atoms with van der Waals surface area (Å²) in [6, 6.07) is 8.82. The molecule has 4 aliphatic heterocycles. The summed E-state index contributed by atoms with van der Waals surface area (Å²) < 4.78 is 15.1. The zero-order valence-electron chi connectivity index (χ0n) is 21.9. The normalized spacial score (nSPS) is 22.5. The van der Waals surface area contributed by atoms with Crippen LogP contribution in [0.2, 0.25) is 0 Å². The number of carbonyl (C=O) groups excluding carboxylic acids is 5. The number of carbonyl (C=O) groups is 5. The van der Waals surface area contributed by atoms with Crippen molar-refractivity contribution < 1.29 is 28.4 Å². The van der Waals surface area contributed by atoms with E-state index in [2.05, 4.69) is 20.9 Å². The van der Waals surface area contributed by atoms with Crippen LogP contribution < -0.4 is 16.0 Å². The van der Waals surface area contributed by atoms with E-state index in [1.807, 2.05) is 6.07 Å². The Balaban J connectivity index is 1.11. The third-order valence-corrected chi connectivity index (χ3v) is 8.65. The minimum Gasteiger partial charge on any atom is -0.380 e. The van der Waals surface area contributed by atoms with Crippen LogP contribution in [0.3, 0.4) is 0 Å². The number of piperidine rings is 2. The highest BCUT2D eigenvalue weighted by atomic mass is 19.1. The highest BCUT2D eigenvalue weighted by Crippen LogP contribution is 2.38. The van der Waals surface area contributed by atoms with Crippen LogP contribution >= 0.6 is 0 Å².